The molecule has 0 bridgehead atoms. The van der Waals surface area contributed by atoms with Crippen LogP contribution in [0.5, 0.6) is 11.5 Å². The average Bonchev–Trinajstić information content (AvgIpc) is 3.18. The van der Waals surface area contributed by atoms with Crippen molar-refractivity contribution in [3.8, 4) is 11.5 Å². The van der Waals surface area contributed by atoms with Crippen molar-refractivity contribution < 1.29 is 19.1 Å². The number of hydrogen-bond donors (Lipinski definition) is 2. The van der Waals surface area contributed by atoms with E-state index in [2.05, 4.69) is 10.9 Å². The van der Waals surface area contributed by atoms with Crippen LogP contribution in [0.25, 0.3) is 6.08 Å². The highest BCUT2D eigenvalue weighted by molar-refractivity contribution is 7.12. The molecular weight excluding hydrogens is 352 g/mol. The molecule has 0 saturated heterocycles. The molecule has 1 aromatic heterocycles. The van der Waals surface area contributed by atoms with Gasteiger partial charge in [0.15, 0.2) is 11.5 Å². The Morgan fingerprint density at radius 1 is 1.12 bits per heavy atom. The van der Waals surface area contributed by atoms with Crippen molar-refractivity contribution in [1.29, 1.82) is 0 Å². The summed E-state index contributed by atoms with van der Waals surface area (Å²) in [5.74, 6) is 0.532. The maximum Gasteiger partial charge on any atom is 0.279 e. The summed E-state index contributed by atoms with van der Waals surface area (Å²) >= 11 is 1.30. The average molecular weight is 374 g/mol. The summed E-state index contributed by atoms with van der Waals surface area (Å²) in [5.41, 5.74) is 5.50. The quantitative estimate of drug-likeness (QED) is 0.548. The van der Waals surface area contributed by atoms with E-state index < -0.39 is 5.91 Å². The van der Waals surface area contributed by atoms with Gasteiger partial charge < -0.3 is 9.47 Å². The van der Waals surface area contributed by atoms with E-state index in [9.17, 15) is 9.59 Å². The smallest absolute Gasteiger partial charge is 0.279 e. The van der Waals surface area contributed by atoms with Gasteiger partial charge in [0.25, 0.3) is 11.8 Å². The predicted molar refractivity (Wildman–Crippen MR) is 102 cm³/mol. The Morgan fingerprint density at radius 2 is 1.96 bits per heavy atom. The molecule has 0 spiro atoms. The SMILES string of the molecule is CCCOc1ccc(/C=C/C(=O)NNC(=O)c2cccs2)cc1OCC. The van der Waals surface area contributed by atoms with Crippen molar-refractivity contribution in [3.05, 3.63) is 52.2 Å². The van der Waals surface area contributed by atoms with Gasteiger partial charge in [0, 0.05) is 6.08 Å². The number of hydrogen-bond acceptors (Lipinski definition) is 5. The number of amides is 2. The van der Waals surface area contributed by atoms with Gasteiger partial charge in [0.1, 0.15) is 0 Å². The Hall–Kier alpha value is -2.80. The topological polar surface area (TPSA) is 76.7 Å². The van der Waals surface area contributed by atoms with E-state index in [4.69, 9.17) is 9.47 Å². The molecule has 0 aliphatic rings. The minimum absolute atomic E-state index is 0.349. The van der Waals surface area contributed by atoms with Gasteiger partial charge in [-0.3, -0.25) is 20.4 Å². The lowest BCUT2D eigenvalue weighted by molar-refractivity contribution is -0.117. The van der Waals surface area contributed by atoms with Crippen LogP contribution < -0.4 is 20.3 Å². The molecule has 6 nitrogen and oxygen atoms in total. The van der Waals surface area contributed by atoms with Gasteiger partial charge in [-0.15, -0.1) is 11.3 Å². The zero-order chi connectivity index (χ0) is 18.8. The lowest BCUT2D eigenvalue weighted by Crippen LogP contribution is -2.40. The van der Waals surface area contributed by atoms with E-state index in [0.717, 1.165) is 12.0 Å². The number of benzene rings is 1. The Labute approximate surface area is 156 Å². The van der Waals surface area contributed by atoms with Crippen molar-refractivity contribution in [2.75, 3.05) is 13.2 Å². The maximum atomic E-state index is 11.8. The Morgan fingerprint density at radius 3 is 2.65 bits per heavy atom. The van der Waals surface area contributed by atoms with E-state index in [1.807, 2.05) is 32.0 Å². The molecule has 0 aliphatic carbocycles. The van der Waals surface area contributed by atoms with Gasteiger partial charge in [-0.2, -0.15) is 0 Å². The lowest BCUT2D eigenvalue weighted by Gasteiger charge is -2.12. The zero-order valence-corrected chi connectivity index (χ0v) is 15.6. The summed E-state index contributed by atoms with van der Waals surface area (Å²) in [6.07, 6.45) is 3.88. The van der Waals surface area contributed by atoms with E-state index in [1.54, 1.807) is 23.6 Å². The van der Waals surface area contributed by atoms with Gasteiger partial charge in [-0.1, -0.05) is 19.1 Å². The minimum Gasteiger partial charge on any atom is -0.490 e. The van der Waals surface area contributed by atoms with Crippen molar-refractivity contribution in [3.63, 3.8) is 0 Å². The molecule has 138 valence electrons. The molecule has 0 unspecified atom stereocenters. The molecule has 2 amide bonds. The molecule has 2 N–H and O–H groups in total. The highest BCUT2D eigenvalue weighted by Crippen LogP contribution is 2.29. The number of carbonyl (C=O) groups is 2. The van der Waals surface area contributed by atoms with Crippen molar-refractivity contribution in [2.45, 2.75) is 20.3 Å². The van der Waals surface area contributed by atoms with Gasteiger partial charge in [-0.25, -0.2) is 0 Å². The van der Waals surface area contributed by atoms with Crippen LogP contribution in [0.15, 0.2) is 41.8 Å². The minimum atomic E-state index is -0.431. The molecule has 2 rings (SSSR count). The van der Waals surface area contributed by atoms with Crippen LogP contribution in [0.3, 0.4) is 0 Å². The summed E-state index contributed by atoms with van der Waals surface area (Å²) in [4.78, 5) is 24.1. The molecule has 0 aliphatic heterocycles. The van der Waals surface area contributed by atoms with Gasteiger partial charge in [-0.05, 0) is 48.6 Å². The third-order valence-electron chi connectivity index (χ3n) is 3.20. The first-order chi connectivity index (χ1) is 12.6. The molecule has 0 fully saturated rings. The first-order valence-electron chi connectivity index (χ1n) is 8.35. The number of nitrogens with one attached hydrogen (secondary N) is 2. The van der Waals surface area contributed by atoms with E-state index in [1.165, 1.54) is 17.4 Å². The molecular formula is C19H22N2O4S. The van der Waals surface area contributed by atoms with E-state index >= 15 is 0 Å². The lowest BCUT2D eigenvalue weighted by atomic mass is 10.2. The molecule has 0 radical (unpaired) electrons. The number of thiophene rings is 1. The number of ether oxygens (including phenoxy) is 2. The number of hydrazine groups is 1. The normalized spacial score (nSPS) is 10.5. The van der Waals surface area contributed by atoms with Crippen molar-refractivity contribution in [1.82, 2.24) is 10.9 Å². The second-order valence-electron chi connectivity index (χ2n) is 5.24. The van der Waals surface area contributed by atoms with Crippen LogP contribution in [0.2, 0.25) is 0 Å². The van der Waals surface area contributed by atoms with Crippen molar-refractivity contribution in [2.24, 2.45) is 0 Å². The first kappa shape index (κ1) is 19.5. The fourth-order valence-corrected chi connectivity index (χ4v) is 2.65. The Kier molecular flexibility index (Phi) is 7.70. The largest absolute Gasteiger partial charge is 0.490 e. The zero-order valence-electron chi connectivity index (χ0n) is 14.8. The molecule has 1 heterocycles. The maximum absolute atomic E-state index is 11.8. The van der Waals surface area contributed by atoms with Crippen LogP contribution >= 0.6 is 11.3 Å². The van der Waals surface area contributed by atoms with Gasteiger partial charge in [0.05, 0.1) is 18.1 Å². The molecule has 0 saturated carbocycles. The van der Waals surface area contributed by atoms with Gasteiger partial charge >= 0.3 is 0 Å². The summed E-state index contributed by atoms with van der Waals surface area (Å²) in [7, 11) is 0. The van der Waals surface area contributed by atoms with Crippen LogP contribution in [-0.4, -0.2) is 25.0 Å². The Bertz CT molecular complexity index is 757. The molecule has 2 aromatic rings. The first-order valence-corrected chi connectivity index (χ1v) is 9.23. The van der Waals surface area contributed by atoms with Crippen LogP contribution in [0.4, 0.5) is 0 Å². The third-order valence-corrected chi connectivity index (χ3v) is 4.07. The highest BCUT2D eigenvalue weighted by atomic mass is 32.1. The predicted octanol–water partition coefficient (Wildman–Crippen LogP) is 3.41. The monoisotopic (exact) mass is 374 g/mol. The van der Waals surface area contributed by atoms with E-state index in [0.29, 0.717) is 29.6 Å². The molecule has 7 heteroatoms. The summed E-state index contributed by atoms with van der Waals surface area (Å²) in [6, 6.07) is 8.91. The molecule has 1 aromatic carbocycles. The third kappa shape index (κ3) is 5.93. The standard InChI is InChI=1S/C19H22N2O4S/c1-3-11-25-15-9-7-14(13-16(15)24-4-2)8-10-18(22)20-21-19(23)17-6-5-12-26-17/h5-10,12-13H,3-4,11H2,1-2H3,(H,20,22)(H,21,23)/b10-8+. The Balaban J connectivity index is 1.94. The second-order valence-corrected chi connectivity index (χ2v) is 6.19. The van der Waals surface area contributed by atoms with Crippen LogP contribution in [0, 0.1) is 0 Å². The van der Waals surface area contributed by atoms with Crippen LogP contribution in [0.1, 0.15) is 35.5 Å². The van der Waals surface area contributed by atoms with Crippen molar-refractivity contribution >= 4 is 29.2 Å². The molecule has 26 heavy (non-hydrogen) atoms. The number of carbonyl (C=O) groups excluding carboxylic acids is 2. The fourth-order valence-electron chi connectivity index (χ4n) is 2.03. The van der Waals surface area contributed by atoms with Crippen LogP contribution in [-0.2, 0) is 4.79 Å². The molecule has 0 atom stereocenters. The highest BCUT2D eigenvalue weighted by Gasteiger charge is 2.07. The van der Waals surface area contributed by atoms with E-state index in [-0.39, 0.29) is 5.91 Å². The summed E-state index contributed by atoms with van der Waals surface area (Å²) in [5, 5.41) is 1.79. The second kappa shape index (κ2) is 10.2. The number of rotatable bonds is 8. The summed E-state index contributed by atoms with van der Waals surface area (Å²) in [6.45, 7) is 5.07. The fraction of sp³-hybridized carbons (Fsp3) is 0.263. The van der Waals surface area contributed by atoms with Gasteiger partial charge in [0.2, 0.25) is 0 Å². The summed E-state index contributed by atoms with van der Waals surface area (Å²) < 4.78 is 11.2.